The fraction of sp³-hybridized carbons (Fsp3) is 0.647. The van der Waals surface area contributed by atoms with E-state index in [0.717, 1.165) is 30.5 Å². The van der Waals surface area contributed by atoms with Gasteiger partial charge in [-0.2, -0.15) is 0 Å². The molecule has 2 nitrogen and oxygen atoms in total. The Morgan fingerprint density at radius 2 is 1.50 bits per heavy atom. The molecule has 0 aliphatic heterocycles. The van der Waals surface area contributed by atoms with Crippen LogP contribution in [-0.4, -0.2) is 24.5 Å². The third-order valence-electron chi connectivity index (χ3n) is 3.30. The van der Waals surface area contributed by atoms with Crippen LogP contribution in [0.1, 0.15) is 45.7 Å². The van der Waals surface area contributed by atoms with Gasteiger partial charge in [-0.15, -0.1) is 0 Å². The maximum Gasteiger partial charge on any atom is 0.0307 e. The van der Waals surface area contributed by atoms with Gasteiger partial charge in [0.1, 0.15) is 0 Å². The van der Waals surface area contributed by atoms with E-state index in [1.165, 1.54) is 5.56 Å². The van der Waals surface area contributed by atoms with E-state index in [2.05, 4.69) is 72.8 Å². The number of halogens is 1. The minimum atomic E-state index is 0.130. The lowest BCUT2D eigenvalue weighted by molar-refractivity contribution is 0.212. The molecule has 114 valence electrons. The van der Waals surface area contributed by atoms with Crippen molar-refractivity contribution < 1.29 is 0 Å². The lowest BCUT2D eigenvalue weighted by Gasteiger charge is -2.27. The molecule has 1 aromatic carbocycles. The molecule has 0 saturated carbocycles. The molecule has 0 saturated heterocycles. The average molecular weight is 341 g/mol. The van der Waals surface area contributed by atoms with Crippen molar-refractivity contribution in [2.75, 3.05) is 19.6 Å². The highest BCUT2D eigenvalue weighted by Gasteiger charge is 2.12. The Hall–Kier alpha value is -0.380. The number of nitrogens with two attached hydrogens (primary N) is 1. The highest BCUT2D eigenvalue weighted by molar-refractivity contribution is 9.10. The number of benzene rings is 1. The normalized spacial score (nSPS) is 13.4. The summed E-state index contributed by atoms with van der Waals surface area (Å²) < 4.78 is 1.11. The summed E-state index contributed by atoms with van der Waals surface area (Å²) in [5.41, 5.74) is 7.54. The Bertz CT molecular complexity index is 363. The molecular formula is C17H29BrN2. The van der Waals surface area contributed by atoms with Crippen molar-refractivity contribution >= 4 is 15.9 Å². The van der Waals surface area contributed by atoms with Gasteiger partial charge in [0, 0.05) is 23.6 Å². The molecule has 3 heteroatoms. The topological polar surface area (TPSA) is 29.3 Å². The van der Waals surface area contributed by atoms with Gasteiger partial charge in [-0.05, 0) is 42.5 Å². The molecule has 20 heavy (non-hydrogen) atoms. The summed E-state index contributed by atoms with van der Waals surface area (Å²) in [4.78, 5) is 2.55. The van der Waals surface area contributed by atoms with Gasteiger partial charge in [-0.25, -0.2) is 0 Å². The van der Waals surface area contributed by atoms with Crippen LogP contribution in [0.15, 0.2) is 28.7 Å². The van der Waals surface area contributed by atoms with Crippen LogP contribution >= 0.6 is 15.9 Å². The monoisotopic (exact) mass is 340 g/mol. The van der Waals surface area contributed by atoms with Gasteiger partial charge in [0.15, 0.2) is 0 Å². The van der Waals surface area contributed by atoms with E-state index < -0.39 is 0 Å². The van der Waals surface area contributed by atoms with Crippen molar-refractivity contribution in [3.8, 4) is 0 Å². The second-order valence-corrected chi connectivity index (χ2v) is 7.41. The Balaban J connectivity index is 2.50. The summed E-state index contributed by atoms with van der Waals surface area (Å²) in [7, 11) is 0. The quantitative estimate of drug-likeness (QED) is 0.757. The predicted molar refractivity (Wildman–Crippen MR) is 91.8 cm³/mol. The summed E-state index contributed by atoms with van der Waals surface area (Å²) in [6.07, 6.45) is 1.01. The van der Waals surface area contributed by atoms with Crippen molar-refractivity contribution in [1.82, 2.24) is 4.90 Å². The first-order valence-corrected chi connectivity index (χ1v) is 8.41. The molecule has 0 bridgehead atoms. The summed E-state index contributed by atoms with van der Waals surface area (Å²) in [5, 5.41) is 0. The van der Waals surface area contributed by atoms with Gasteiger partial charge in [-0.1, -0.05) is 55.8 Å². The van der Waals surface area contributed by atoms with Gasteiger partial charge in [-0.3, -0.25) is 0 Å². The molecule has 0 radical (unpaired) electrons. The zero-order chi connectivity index (χ0) is 15.1. The first-order chi connectivity index (χ1) is 9.38. The van der Waals surface area contributed by atoms with Crippen LogP contribution in [0.4, 0.5) is 0 Å². The predicted octanol–water partition coefficient (Wildman–Crippen LogP) is 4.45. The second-order valence-electron chi connectivity index (χ2n) is 6.49. The van der Waals surface area contributed by atoms with Crippen molar-refractivity contribution in [2.45, 2.75) is 40.2 Å². The number of hydrogen-bond acceptors (Lipinski definition) is 2. The molecule has 0 spiro atoms. The lowest BCUT2D eigenvalue weighted by Crippen LogP contribution is -2.33. The Morgan fingerprint density at radius 3 is 1.95 bits per heavy atom. The van der Waals surface area contributed by atoms with Gasteiger partial charge >= 0.3 is 0 Å². The van der Waals surface area contributed by atoms with Crippen LogP contribution < -0.4 is 5.73 Å². The Morgan fingerprint density at radius 1 is 1.00 bits per heavy atom. The second kappa shape index (κ2) is 8.81. The van der Waals surface area contributed by atoms with Gasteiger partial charge in [0.05, 0.1) is 0 Å². The molecule has 0 aliphatic rings. The molecule has 1 unspecified atom stereocenters. The largest absolute Gasteiger partial charge is 0.324 e. The summed E-state index contributed by atoms with van der Waals surface area (Å²) in [6.45, 7) is 12.5. The zero-order valence-corrected chi connectivity index (χ0v) is 14.9. The van der Waals surface area contributed by atoms with Gasteiger partial charge in [0.25, 0.3) is 0 Å². The minimum Gasteiger partial charge on any atom is -0.324 e. The van der Waals surface area contributed by atoms with Gasteiger partial charge in [0.2, 0.25) is 0 Å². The van der Waals surface area contributed by atoms with Gasteiger partial charge < -0.3 is 10.6 Å². The van der Waals surface area contributed by atoms with Crippen molar-refractivity contribution in [2.24, 2.45) is 17.6 Å². The standard InChI is InChI=1S/C17H29BrN2/c1-13(2)11-20(12-14(3)4)10-9-17(19)15-5-7-16(18)8-6-15/h5-8,13-14,17H,9-12,19H2,1-4H3. The molecule has 1 rings (SSSR count). The molecule has 0 aliphatic carbocycles. The van der Waals surface area contributed by atoms with Crippen LogP contribution in [0.25, 0.3) is 0 Å². The molecule has 1 aromatic rings. The fourth-order valence-electron chi connectivity index (χ4n) is 2.49. The molecule has 0 fully saturated rings. The van der Waals surface area contributed by atoms with Crippen molar-refractivity contribution in [3.63, 3.8) is 0 Å². The van der Waals surface area contributed by atoms with Crippen molar-refractivity contribution in [1.29, 1.82) is 0 Å². The van der Waals surface area contributed by atoms with Crippen LogP contribution in [0.5, 0.6) is 0 Å². The first-order valence-electron chi connectivity index (χ1n) is 7.62. The van der Waals surface area contributed by atoms with Crippen LogP contribution in [0, 0.1) is 11.8 Å². The number of nitrogens with zero attached hydrogens (tertiary/aromatic N) is 1. The summed E-state index contributed by atoms with van der Waals surface area (Å²) >= 11 is 3.46. The third kappa shape index (κ3) is 6.87. The smallest absolute Gasteiger partial charge is 0.0307 e. The highest BCUT2D eigenvalue weighted by Crippen LogP contribution is 2.18. The summed E-state index contributed by atoms with van der Waals surface area (Å²) in [6, 6.07) is 8.49. The SMILES string of the molecule is CC(C)CN(CCC(N)c1ccc(Br)cc1)CC(C)C. The first kappa shape index (κ1) is 17.7. The molecule has 0 aromatic heterocycles. The summed E-state index contributed by atoms with van der Waals surface area (Å²) in [5.74, 6) is 1.41. The van der Waals surface area contributed by atoms with Crippen LogP contribution in [-0.2, 0) is 0 Å². The third-order valence-corrected chi connectivity index (χ3v) is 3.83. The van der Waals surface area contributed by atoms with E-state index in [4.69, 9.17) is 5.73 Å². The van der Waals surface area contributed by atoms with E-state index >= 15 is 0 Å². The van der Waals surface area contributed by atoms with Crippen LogP contribution in [0.2, 0.25) is 0 Å². The Labute approximate surface area is 132 Å². The van der Waals surface area contributed by atoms with E-state index in [1.54, 1.807) is 0 Å². The van der Waals surface area contributed by atoms with Crippen molar-refractivity contribution in [3.05, 3.63) is 34.3 Å². The van der Waals surface area contributed by atoms with E-state index in [-0.39, 0.29) is 6.04 Å². The minimum absolute atomic E-state index is 0.130. The molecule has 0 amide bonds. The highest BCUT2D eigenvalue weighted by atomic mass is 79.9. The maximum atomic E-state index is 6.31. The molecule has 2 N–H and O–H groups in total. The molecule has 0 heterocycles. The fourth-order valence-corrected chi connectivity index (χ4v) is 2.75. The van der Waals surface area contributed by atoms with Crippen LogP contribution in [0.3, 0.4) is 0 Å². The maximum absolute atomic E-state index is 6.31. The molecule has 1 atom stereocenters. The van der Waals surface area contributed by atoms with E-state index in [9.17, 15) is 0 Å². The number of hydrogen-bond donors (Lipinski definition) is 1. The van der Waals surface area contributed by atoms with E-state index in [0.29, 0.717) is 11.8 Å². The Kier molecular flexibility index (Phi) is 7.78. The van der Waals surface area contributed by atoms with E-state index in [1.807, 2.05) is 0 Å². The molecular weight excluding hydrogens is 312 g/mol. The lowest BCUT2D eigenvalue weighted by atomic mass is 10.0. The number of rotatable bonds is 8. The average Bonchev–Trinajstić information content (AvgIpc) is 2.35. The zero-order valence-electron chi connectivity index (χ0n) is 13.3.